The molecule has 31 heavy (non-hydrogen) atoms. The van der Waals surface area contributed by atoms with Gasteiger partial charge in [0.2, 0.25) is 5.62 Å². The maximum atomic E-state index is 9.10. The number of aryl methyl sites for hydroxylation is 2. The third kappa shape index (κ3) is 4.68. The van der Waals surface area contributed by atoms with E-state index < -0.39 is 0 Å². The van der Waals surface area contributed by atoms with E-state index in [1.165, 1.54) is 22.3 Å². The predicted molar refractivity (Wildman–Crippen MR) is 130 cm³/mol. The molecule has 0 aliphatic rings. The molecule has 1 N–H and O–H groups in total. The molecule has 1 heterocycles. The van der Waals surface area contributed by atoms with E-state index in [1.807, 2.05) is 6.07 Å². The second-order valence-corrected chi connectivity index (χ2v) is 9.11. The standard InChI is InChI=1S/C26H28BrN3O/c1-18-4-8-20(9-5-18)14-23(17-31-3)30-24-13-12-22(27)15-25(24)29(26(30)28)16-21-10-6-19(2)7-11-21/h4-13,15,23,28H,14,16-17H2,1-3H3/t23-/m0/s1. The van der Waals surface area contributed by atoms with E-state index in [1.54, 1.807) is 7.11 Å². The largest absolute Gasteiger partial charge is 0.383 e. The van der Waals surface area contributed by atoms with Crippen molar-refractivity contribution in [1.82, 2.24) is 9.13 Å². The molecule has 0 saturated heterocycles. The molecule has 0 unspecified atom stereocenters. The van der Waals surface area contributed by atoms with Gasteiger partial charge in [0.05, 0.1) is 30.2 Å². The van der Waals surface area contributed by atoms with Crippen LogP contribution in [0.25, 0.3) is 11.0 Å². The summed E-state index contributed by atoms with van der Waals surface area (Å²) in [6.45, 7) is 5.40. The van der Waals surface area contributed by atoms with E-state index in [9.17, 15) is 0 Å². The lowest BCUT2D eigenvalue weighted by Gasteiger charge is -2.19. The Morgan fingerprint density at radius 2 is 1.48 bits per heavy atom. The maximum Gasteiger partial charge on any atom is 0.203 e. The molecule has 0 fully saturated rings. The second kappa shape index (κ2) is 9.25. The normalized spacial score (nSPS) is 12.4. The number of halogens is 1. The fourth-order valence-corrected chi connectivity index (χ4v) is 4.44. The van der Waals surface area contributed by atoms with E-state index in [2.05, 4.69) is 99.6 Å². The number of nitrogens with one attached hydrogen (secondary N) is 1. The van der Waals surface area contributed by atoms with E-state index in [-0.39, 0.29) is 6.04 Å². The fraction of sp³-hybridized carbons (Fsp3) is 0.269. The van der Waals surface area contributed by atoms with E-state index in [0.717, 1.165) is 21.9 Å². The smallest absolute Gasteiger partial charge is 0.203 e. The topological polar surface area (TPSA) is 42.9 Å². The number of ether oxygens (including phenoxy) is 1. The number of nitrogens with zero attached hydrogens (tertiary/aromatic N) is 2. The lowest BCUT2D eigenvalue weighted by atomic mass is 10.0. The summed E-state index contributed by atoms with van der Waals surface area (Å²) in [5.41, 5.74) is 7.51. The molecule has 4 rings (SSSR count). The molecule has 0 radical (unpaired) electrons. The van der Waals surface area contributed by atoms with Gasteiger partial charge in [-0.2, -0.15) is 0 Å². The van der Waals surface area contributed by atoms with Gasteiger partial charge in [-0.05, 0) is 49.6 Å². The predicted octanol–water partition coefficient (Wildman–Crippen LogP) is 5.78. The number of benzene rings is 3. The van der Waals surface area contributed by atoms with Crippen molar-refractivity contribution in [2.24, 2.45) is 0 Å². The van der Waals surface area contributed by atoms with Crippen molar-refractivity contribution in [3.05, 3.63) is 99.1 Å². The minimum absolute atomic E-state index is 0.0307. The van der Waals surface area contributed by atoms with Crippen LogP contribution in [0.1, 0.15) is 28.3 Å². The average Bonchev–Trinajstić information content (AvgIpc) is 3.02. The summed E-state index contributed by atoms with van der Waals surface area (Å²) in [7, 11) is 1.73. The van der Waals surface area contributed by atoms with Gasteiger partial charge in [0.1, 0.15) is 0 Å². The van der Waals surface area contributed by atoms with E-state index in [4.69, 9.17) is 10.1 Å². The number of aromatic nitrogens is 2. The quantitative estimate of drug-likeness (QED) is 0.360. The highest BCUT2D eigenvalue weighted by Gasteiger charge is 2.20. The van der Waals surface area contributed by atoms with Crippen LogP contribution in [-0.4, -0.2) is 22.9 Å². The van der Waals surface area contributed by atoms with Crippen LogP contribution in [0.3, 0.4) is 0 Å². The highest BCUT2D eigenvalue weighted by atomic mass is 79.9. The second-order valence-electron chi connectivity index (χ2n) is 8.20. The van der Waals surface area contributed by atoms with Crippen LogP contribution >= 0.6 is 15.9 Å². The van der Waals surface area contributed by atoms with Crippen LogP contribution in [-0.2, 0) is 17.7 Å². The Morgan fingerprint density at radius 3 is 2.10 bits per heavy atom. The summed E-state index contributed by atoms with van der Waals surface area (Å²) in [5, 5.41) is 9.10. The van der Waals surface area contributed by atoms with Gasteiger partial charge < -0.3 is 13.9 Å². The van der Waals surface area contributed by atoms with Crippen molar-refractivity contribution in [1.29, 1.82) is 5.41 Å². The summed E-state index contributed by atoms with van der Waals surface area (Å²) in [6.07, 6.45) is 0.810. The zero-order valence-electron chi connectivity index (χ0n) is 18.2. The lowest BCUT2D eigenvalue weighted by molar-refractivity contribution is 0.154. The number of imidazole rings is 1. The molecule has 0 amide bonds. The van der Waals surface area contributed by atoms with Crippen molar-refractivity contribution in [3.63, 3.8) is 0 Å². The van der Waals surface area contributed by atoms with Gasteiger partial charge in [-0.15, -0.1) is 0 Å². The van der Waals surface area contributed by atoms with E-state index >= 15 is 0 Å². The average molecular weight is 478 g/mol. The molecule has 160 valence electrons. The third-order valence-electron chi connectivity index (χ3n) is 5.75. The number of hydrogen-bond acceptors (Lipinski definition) is 2. The molecule has 0 saturated carbocycles. The SMILES string of the molecule is COC[C@H](Cc1ccc(C)cc1)n1c(=N)n(Cc2ccc(C)cc2)c2cc(Br)ccc21. The Labute approximate surface area is 191 Å². The van der Waals surface area contributed by atoms with Crippen molar-refractivity contribution in [2.45, 2.75) is 32.9 Å². The van der Waals surface area contributed by atoms with Crippen LogP contribution < -0.4 is 5.62 Å². The Hall–Kier alpha value is -2.63. The fourth-order valence-electron chi connectivity index (χ4n) is 4.09. The Morgan fingerprint density at radius 1 is 0.871 bits per heavy atom. The van der Waals surface area contributed by atoms with Crippen LogP contribution in [0.15, 0.2) is 71.2 Å². The highest BCUT2D eigenvalue weighted by Crippen LogP contribution is 2.25. The summed E-state index contributed by atoms with van der Waals surface area (Å²) in [6, 6.07) is 23.4. The molecule has 0 aliphatic heterocycles. The Bertz CT molecular complexity index is 1240. The first-order valence-corrected chi connectivity index (χ1v) is 11.3. The summed E-state index contributed by atoms with van der Waals surface area (Å²) in [5.74, 6) is 0. The maximum absolute atomic E-state index is 9.10. The molecule has 5 heteroatoms. The molecule has 4 nitrogen and oxygen atoms in total. The number of hydrogen-bond donors (Lipinski definition) is 1. The van der Waals surface area contributed by atoms with Gasteiger partial charge in [0.15, 0.2) is 0 Å². The van der Waals surface area contributed by atoms with E-state index in [0.29, 0.717) is 18.8 Å². The van der Waals surface area contributed by atoms with Crippen LogP contribution in [0, 0.1) is 19.3 Å². The van der Waals surface area contributed by atoms with Crippen molar-refractivity contribution in [3.8, 4) is 0 Å². The zero-order chi connectivity index (χ0) is 22.0. The molecule has 1 atom stereocenters. The molecule has 3 aromatic carbocycles. The van der Waals surface area contributed by atoms with Crippen LogP contribution in [0.4, 0.5) is 0 Å². The van der Waals surface area contributed by atoms with Crippen molar-refractivity contribution >= 4 is 27.0 Å². The first kappa shape index (κ1) is 21.6. The number of rotatable bonds is 7. The molecular formula is C26H28BrN3O. The summed E-state index contributed by atoms with van der Waals surface area (Å²) in [4.78, 5) is 0. The molecule has 1 aromatic heterocycles. The van der Waals surface area contributed by atoms with Crippen molar-refractivity contribution in [2.75, 3.05) is 13.7 Å². The van der Waals surface area contributed by atoms with Crippen LogP contribution in [0.2, 0.25) is 0 Å². The lowest BCUT2D eigenvalue weighted by Crippen LogP contribution is -2.31. The zero-order valence-corrected chi connectivity index (χ0v) is 19.8. The first-order valence-electron chi connectivity index (χ1n) is 10.5. The first-order chi connectivity index (χ1) is 15.0. The van der Waals surface area contributed by atoms with Crippen LogP contribution in [0.5, 0.6) is 0 Å². The molecule has 0 spiro atoms. The van der Waals surface area contributed by atoms with Gasteiger partial charge in [-0.25, -0.2) is 0 Å². The van der Waals surface area contributed by atoms with Crippen molar-refractivity contribution < 1.29 is 4.74 Å². The minimum atomic E-state index is 0.0307. The highest BCUT2D eigenvalue weighted by molar-refractivity contribution is 9.10. The summed E-state index contributed by atoms with van der Waals surface area (Å²) >= 11 is 3.62. The summed E-state index contributed by atoms with van der Waals surface area (Å²) < 4.78 is 10.8. The van der Waals surface area contributed by atoms with Gasteiger partial charge in [0, 0.05) is 11.6 Å². The Balaban J connectivity index is 1.81. The van der Waals surface area contributed by atoms with Gasteiger partial charge in [-0.3, -0.25) is 5.41 Å². The monoisotopic (exact) mass is 477 g/mol. The molecule has 0 bridgehead atoms. The molecule has 0 aliphatic carbocycles. The number of fused-ring (bicyclic) bond motifs is 1. The minimum Gasteiger partial charge on any atom is -0.383 e. The third-order valence-corrected chi connectivity index (χ3v) is 6.24. The van der Waals surface area contributed by atoms with Gasteiger partial charge in [0.25, 0.3) is 0 Å². The number of methoxy groups -OCH3 is 1. The van der Waals surface area contributed by atoms with Gasteiger partial charge >= 0.3 is 0 Å². The molecular weight excluding hydrogens is 450 g/mol. The van der Waals surface area contributed by atoms with Gasteiger partial charge in [-0.1, -0.05) is 75.6 Å². The Kier molecular flexibility index (Phi) is 6.44. The molecule has 4 aromatic rings.